The zero-order valence-electron chi connectivity index (χ0n) is 15.5. The second-order valence-electron chi connectivity index (χ2n) is 5.66. The Morgan fingerprint density at radius 1 is 0.963 bits per heavy atom. The van der Waals surface area contributed by atoms with E-state index in [-0.39, 0.29) is 35.0 Å². The van der Waals surface area contributed by atoms with Gasteiger partial charge in [-0.25, -0.2) is 9.59 Å². The largest absolute Gasteiger partial charge is 0.462 e. The molecule has 2 aromatic rings. The van der Waals surface area contributed by atoms with Crippen LogP contribution in [0.4, 0.5) is 5.00 Å². The van der Waals surface area contributed by atoms with Crippen LogP contribution in [0, 0.1) is 0 Å². The molecule has 8 heteroatoms. The molecule has 0 saturated carbocycles. The average molecular weight is 454 g/mol. The minimum atomic E-state index is -0.717. The van der Waals surface area contributed by atoms with Crippen LogP contribution in [0.25, 0.3) is 0 Å². The SMILES string of the molecule is CCOC(=O)c1sc(N(C)C)c(C(=O)c2ccc(Br)cc2)c1C(=O)OCC. The highest BCUT2D eigenvalue weighted by Crippen LogP contribution is 2.38. The number of nitrogens with zero attached hydrogens (tertiary/aromatic N) is 1. The van der Waals surface area contributed by atoms with E-state index in [0.29, 0.717) is 10.6 Å². The van der Waals surface area contributed by atoms with Crippen molar-refractivity contribution in [2.24, 2.45) is 0 Å². The monoisotopic (exact) mass is 453 g/mol. The first-order chi connectivity index (χ1) is 12.8. The molecule has 6 nitrogen and oxygen atoms in total. The van der Waals surface area contributed by atoms with Crippen LogP contribution in [0.15, 0.2) is 28.7 Å². The molecule has 0 aliphatic rings. The molecule has 0 aliphatic carbocycles. The lowest BCUT2D eigenvalue weighted by atomic mass is 9.99. The topological polar surface area (TPSA) is 72.9 Å². The fourth-order valence-electron chi connectivity index (χ4n) is 2.43. The zero-order chi connectivity index (χ0) is 20.1. The molecule has 0 unspecified atom stereocenters. The highest BCUT2D eigenvalue weighted by Gasteiger charge is 2.34. The lowest BCUT2D eigenvalue weighted by molar-refractivity contribution is 0.0482. The van der Waals surface area contributed by atoms with Gasteiger partial charge in [-0.15, -0.1) is 11.3 Å². The van der Waals surface area contributed by atoms with Gasteiger partial charge in [-0.05, 0) is 38.1 Å². The number of halogens is 1. The normalized spacial score (nSPS) is 10.4. The van der Waals surface area contributed by atoms with Crippen molar-refractivity contribution in [2.75, 3.05) is 32.2 Å². The molecular weight excluding hydrogens is 434 g/mol. The van der Waals surface area contributed by atoms with Crippen LogP contribution in [0.1, 0.15) is 49.8 Å². The molecule has 0 amide bonds. The molecule has 1 heterocycles. The maximum absolute atomic E-state index is 13.2. The van der Waals surface area contributed by atoms with Crippen LogP contribution in [0.2, 0.25) is 0 Å². The van der Waals surface area contributed by atoms with Crippen molar-refractivity contribution in [2.45, 2.75) is 13.8 Å². The maximum atomic E-state index is 13.2. The van der Waals surface area contributed by atoms with Crippen LogP contribution in [0.3, 0.4) is 0 Å². The summed E-state index contributed by atoms with van der Waals surface area (Å²) in [5.41, 5.74) is 0.505. The third-order valence-corrected chi connectivity index (χ3v) is 5.44. The predicted molar refractivity (Wildman–Crippen MR) is 108 cm³/mol. The second kappa shape index (κ2) is 9.14. The summed E-state index contributed by atoms with van der Waals surface area (Å²) in [6, 6.07) is 6.79. The van der Waals surface area contributed by atoms with E-state index in [1.165, 1.54) is 0 Å². The van der Waals surface area contributed by atoms with Crippen LogP contribution in [0.5, 0.6) is 0 Å². The average Bonchev–Trinajstić information content (AvgIpc) is 3.03. The Balaban J connectivity index is 2.71. The molecule has 27 heavy (non-hydrogen) atoms. The van der Waals surface area contributed by atoms with Gasteiger partial charge < -0.3 is 14.4 Å². The number of ketones is 1. The quantitative estimate of drug-likeness (QED) is 0.462. The van der Waals surface area contributed by atoms with Gasteiger partial charge in [-0.2, -0.15) is 0 Å². The van der Waals surface area contributed by atoms with Crippen molar-refractivity contribution >= 4 is 50.0 Å². The Labute approximate surface area is 170 Å². The maximum Gasteiger partial charge on any atom is 0.349 e. The van der Waals surface area contributed by atoms with E-state index in [1.807, 2.05) is 0 Å². The highest BCUT2D eigenvalue weighted by molar-refractivity contribution is 9.10. The van der Waals surface area contributed by atoms with E-state index in [1.54, 1.807) is 57.1 Å². The van der Waals surface area contributed by atoms with Gasteiger partial charge >= 0.3 is 11.9 Å². The number of benzene rings is 1. The fourth-order valence-corrected chi connectivity index (χ4v) is 3.80. The Morgan fingerprint density at radius 3 is 2.04 bits per heavy atom. The van der Waals surface area contributed by atoms with Crippen molar-refractivity contribution in [3.8, 4) is 0 Å². The van der Waals surface area contributed by atoms with Gasteiger partial charge in [0, 0.05) is 24.1 Å². The molecule has 0 fully saturated rings. The molecule has 0 N–H and O–H groups in total. The first-order valence-electron chi connectivity index (χ1n) is 8.30. The summed E-state index contributed by atoms with van der Waals surface area (Å²) in [6.45, 7) is 3.63. The number of ether oxygens (including phenoxy) is 2. The Hall–Kier alpha value is -2.19. The van der Waals surface area contributed by atoms with E-state index in [4.69, 9.17) is 9.47 Å². The van der Waals surface area contributed by atoms with Gasteiger partial charge in [0.15, 0.2) is 5.78 Å². The molecule has 0 aliphatic heterocycles. The zero-order valence-corrected chi connectivity index (χ0v) is 17.9. The smallest absolute Gasteiger partial charge is 0.349 e. The molecule has 1 aromatic heterocycles. The summed E-state index contributed by atoms with van der Waals surface area (Å²) >= 11 is 4.38. The highest BCUT2D eigenvalue weighted by atomic mass is 79.9. The van der Waals surface area contributed by atoms with Crippen molar-refractivity contribution in [3.05, 3.63) is 50.3 Å². The van der Waals surface area contributed by atoms with Crippen molar-refractivity contribution in [1.29, 1.82) is 0 Å². The molecule has 0 bridgehead atoms. The Kier molecular flexibility index (Phi) is 7.15. The van der Waals surface area contributed by atoms with Gasteiger partial charge in [0.1, 0.15) is 9.88 Å². The van der Waals surface area contributed by atoms with E-state index in [9.17, 15) is 14.4 Å². The number of esters is 2. The number of hydrogen-bond acceptors (Lipinski definition) is 7. The number of rotatable bonds is 7. The minimum Gasteiger partial charge on any atom is -0.462 e. The fraction of sp³-hybridized carbons (Fsp3) is 0.316. The number of hydrogen-bond donors (Lipinski definition) is 0. The number of thiophene rings is 1. The lowest BCUT2D eigenvalue weighted by Crippen LogP contribution is -2.18. The van der Waals surface area contributed by atoms with E-state index >= 15 is 0 Å². The molecule has 2 rings (SSSR count). The molecule has 144 valence electrons. The predicted octanol–water partition coefficient (Wildman–Crippen LogP) is 4.16. The van der Waals surface area contributed by atoms with E-state index in [2.05, 4.69) is 15.9 Å². The van der Waals surface area contributed by atoms with Crippen LogP contribution in [-0.4, -0.2) is 45.0 Å². The Bertz CT molecular complexity index is 858. The second-order valence-corrected chi connectivity index (χ2v) is 7.57. The Morgan fingerprint density at radius 2 is 1.52 bits per heavy atom. The molecule has 1 aromatic carbocycles. The molecular formula is C19H20BrNO5S. The van der Waals surface area contributed by atoms with Crippen molar-refractivity contribution in [1.82, 2.24) is 0 Å². The number of anilines is 1. The van der Waals surface area contributed by atoms with Gasteiger partial charge in [-0.1, -0.05) is 15.9 Å². The summed E-state index contributed by atoms with van der Waals surface area (Å²) in [5, 5.41) is 0.494. The van der Waals surface area contributed by atoms with Gasteiger partial charge in [0.25, 0.3) is 0 Å². The first-order valence-corrected chi connectivity index (χ1v) is 9.91. The summed E-state index contributed by atoms with van der Waals surface area (Å²) in [5.74, 6) is -1.73. The van der Waals surface area contributed by atoms with Crippen molar-refractivity contribution in [3.63, 3.8) is 0 Å². The molecule has 0 spiro atoms. The van der Waals surface area contributed by atoms with Gasteiger partial charge in [0.2, 0.25) is 0 Å². The first kappa shape index (κ1) is 21.1. The van der Waals surface area contributed by atoms with E-state index < -0.39 is 11.9 Å². The lowest BCUT2D eigenvalue weighted by Gasteiger charge is -2.13. The summed E-state index contributed by atoms with van der Waals surface area (Å²) < 4.78 is 11.0. The van der Waals surface area contributed by atoms with Gasteiger partial charge in [0.05, 0.1) is 24.3 Å². The third-order valence-electron chi connectivity index (χ3n) is 3.57. The van der Waals surface area contributed by atoms with Gasteiger partial charge in [-0.3, -0.25) is 4.79 Å². The summed E-state index contributed by atoms with van der Waals surface area (Å²) in [6.07, 6.45) is 0. The summed E-state index contributed by atoms with van der Waals surface area (Å²) in [7, 11) is 3.49. The standard InChI is InChI=1S/C19H20BrNO5S/c1-5-25-18(23)14-13(15(22)11-7-9-12(20)10-8-11)17(21(3)4)27-16(14)19(24)26-6-2/h7-10H,5-6H2,1-4H3. The minimum absolute atomic E-state index is 0.0445. The summed E-state index contributed by atoms with van der Waals surface area (Å²) in [4.78, 5) is 40.0. The van der Waals surface area contributed by atoms with Crippen LogP contribution < -0.4 is 4.90 Å². The van der Waals surface area contributed by atoms with Crippen LogP contribution in [-0.2, 0) is 9.47 Å². The number of carbonyl (C=O) groups is 3. The van der Waals surface area contributed by atoms with Crippen molar-refractivity contribution < 1.29 is 23.9 Å². The third kappa shape index (κ3) is 4.56. The van der Waals surface area contributed by atoms with E-state index in [0.717, 1.165) is 15.8 Å². The molecule has 0 radical (unpaired) electrons. The molecule has 0 saturated heterocycles. The molecule has 0 atom stereocenters. The number of carbonyl (C=O) groups excluding carboxylic acids is 3. The van der Waals surface area contributed by atoms with Crippen LogP contribution >= 0.6 is 27.3 Å².